The first-order valence-corrected chi connectivity index (χ1v) is 11.6. The highest BCUT2D eigenvalue weighted by atomic mass is 79.9. The molecule has 0 aliphatic rings. The molecule has 0 saturated carbocycles. The zero-order valence-corrected chi connectivity index (χ0v) is 19.7. The second-order valence-corrected chi connectivity index (χ2v) is 8.65. The van der Waals surface area contributed by atoms with E-state index in [9.17, 15) is 4.79 Å². The van der Waals surface area contributed by atoms with Gasteiger partial charge in [0, 0.05) is 26.7 Å². The Bertz CT molecular complexity index is 1480. The largest absolute Gasteiger partial charge is 0.324 e. The second kappa shape index (κ2) is 9.81. The lowest BCUT2D eigenvalue weighted by molar-refractivity contribution is 0.104. The number of hydrogen-bond acceptors (Lipinski definition) is 4. The molecule has 0 saturated heterocycles. The predicted molar refractivity (Wildman–Crippen MR) is 142 cm³/mol. The van der Waals surface area contributed by atoms with Crippen molar-refractivity contribution >= 4 is 50.3 Å². The molecule has 1 aromatic heterocycles. The summed E-state index contributed by atoms with van der Waals surface area (Å²) in [7, 11) is 0. The summed E-state index contributed by atoms with van der Waals surface area (Å²) >= 11 is 3.55. The Labute approximate surface area is 206 Å². The molecule has 4 nitrogen and oxygen atoms in total. The van der Waals surface area contributed by atoms with Crippen molar-refractivity contribution in [1.29, 1.82) is 0 Å². The van der Waals surface area contributed by atoms with Crippen LogP contribution in [0.15, 0.2) is 114 Å². The van der Waals surface area contributed by atoms with Crippen LogP contribution in [-0.4, -0.2) is 15.8 Å². The van der Waals surface area contributed by atoms with Gasteiger partial charge in [-0.2, -0.15) is 0 Å². The summed E-state index contributed by atoms with van der Waals surface area (Å²) in [6, 6.07) is 33.1. The number of ketones is 1. The average molecular weight is 506 g/mol. The van der Waals surface area contributed by atoms with E-state index in [2.05, 4.69) is 21.2 Å². The SMILES string of the molecule is O=C(/C=C/c1ccccc1)c1ccc(Nc2nc(-c3ccccc3)c3cc(Br)ccc3n2)cc1. The summed E-state index contributed by atoms with van der Waals surface area (Å²) in [5.41, 5.74) is 5.13. The van der Waals surface area contributed by atoms with Crippen molar-refractivity contribution in [2.75, 3.05) is 5.32 Å². The van der Waals surface area contributed by atoms with Gasteiger partial charge in [-0.25, -0.2) is 9.97 Å². The van der Waals surface area contributed by atoms with Crippen LogP contribution in [0, 0.1) is 0 Å². The number of hydrogen-bond donors (Lipinski definition) is 1. The summed E-state index contributed by atoms with van der Waals surface area (Å²) in [6.07, 6.45) is 3.41. The third-order valence-electron chi connectivity index (χ3n) is 5.36. The van der Waals surface area contributed by atoms with E-state index < -0.39 is 0 Å². The Morgan fingerprint density at radius 3 is 2.24 bits per heavy atom. The molecule has 1 heterocycles. The van der Waals surface area contributed by atoms with E-state index in [-0.39, 0.29) is 5.78 Å². The molecule has 34 heavy (non-hydrogen) atoms. The Morgan fingerprint density at radius 2 is 1.50 bits per heavy atom. The molecule has 0 amide bonds. The Balaban J connectivity index is 1.40. The van der Waals surface area contributed by atoms with Gasteiger partial charge >= 0.3 is 0 Å². The smallest absolute Gasteiger partial charge is 0.228 e. The number of benzene rings is 4. The van der Waals surface area contributed by atoms with Crippen molar-refractivity contribution in [3.8, 4) is 11.3 Å². The minimum absolute atomic E-state index is 0.0469. The summed E-state index contributed by atoms with van der Waals surface area (Å²) < 4.78 is 0.975. The highest BCUT2D eigenvalue weighted by molar-refractivity contribution is 9.10. The maximum Gasteiger partial charge on any atom is 0.228 e. The number of carbonyl (C=O) groups is 1. The quantitative estimate of drug-likeness (QED) is 0.189. The topological polar surface area (TPSA) is 54.9 Å². The zero-order chi connectivity index (χ0) is 23.3. The fourth-order valence-corrected chi connectivity index (χ4v) is 4.01. The van der Waals surface area contributed by atoms with Crippen molar-refractivity contribution in [3.05, 3.63) is 125 Å². The van der Waals surface area contributed by atoms with Crippen molar-refractivity contribution in [2.45, 2.75) is 0 Å². The minimum Gasteiger partial charge on any atom is -0.324 e. The van der Waals surface area contributed by atoms with Gasteiger partial charge < -0.3 is 5.32 Å². The number of nitrogens with zero attached hydrogens (tertiary/aromatic N) is 2. The molecular weight excluding hydrogens is 486 g/mol. The third kappa shape index (κ3) is 4.95. The van der Waals surface area contributed by atoms with E-state index in [0.717, 1.165) is 37.9 Å². The van der Waals surface area contributed by atoms with E-state index in [0.29, 0.717) is 11.5 Å². The van der Waals surface area contributed by atoms with Crippen LogP contribution in [0.3, 0.4) is 0 Å². The second-order valence-electron chi connectivity index (χ2n) is 7.73. The van der Waals surface area contributed by atoms with Crippen molar-refractivity contribution in [2.24, 2.45) is 0 Å². The van der Waals surface area contributed by atoms with Crippen LogP contribution in [-0.2, 0) is 0 Å². The maximum absolute atomic E-state index is 12.5. The van der Waals surface area contributed by atoms with E-state index in [4.69, 9.17) is 9.97 Å². The highest BCUT2D eigenvalue weighted by Crippen LogP contribution is 2.30. The average Bonchev–Trinajstić information content (AvgIpc) is 2.88. The minimum atomic E-state index is -0.0469. The molecule has 0 aliphatic carbocycles. The Morgan fingerprint density at radius 1 is 0.794 bits per heavy atom. The molecule has 164 valence electrons. The zero-order valence-electron chi connectivity index (χ0n) is 18.2. The number of allylic oxidation sites excluding steroid dienone is 1. The number of nitrogens with one attached hydrogen (secondary N) is 1. The van der Waals surface area contributed by atoms with E-state index >= 15 is 0 Å². The number of anilines is 2. The molecule has 1 N–H and O–H groups in total. The van der Waals surface area contributed by atoms with Gasteiger partial charge in [0.25, 0.3) is 0 Å². The van der Waals surface area contributed by atoms with Crippen LogP contribution in [0.5, 0.6) is 0 Å². The van der Waals surface area contributed by atoms with Gasteiger partial charge in [0.05, 0.1) is 11.2 Å². The lowest BCUT2D eigenvalue weighted by atomic mass is 10.1. The van der Waals surface area contributed by atoms with E-state index in [1.807, 2.05) is 97.1 Å². The normalized spacial score (nSPS) is 11.1. The molecule has 5 heteroatoms. The first-order valence-electron chi connectivity index (χ1n) is 10.8. The van der Waals surface area contributed by atoms with Gasteiger partial charge in [-0.15, -0.1) is 0 Å². The van der Waals surface area contributed by atoms with Crippen molar-refractivity contribution in [3.63, 3.8) is 0 Å². The monoisotopic (exact) mass is 505 g/mol. The molecule has 0 atom stereocenters. The van der Waals surface area contributed by atoms with Crippen LogP contribution in [0.25, 0.3) is 28.2 Å². The predicted octanol–water partition coefficient (Wildman–Crippen LogP) is 7.70. The summed E-state index contributed by atoms with van der Waals surface area (Å²) in [5, 5.41) is 4.25. The first-order chi connectivity index (χ1) is 16.7. The molecule has 0 unspecified atom stereocenters. The van der Waals surface area contributed by atoms with Crippen LogP contribution >= 0.6 is 15.9 Å². The van der Waals surface area contributed by atoms with Crippen LogP contribution in [0.2, 0.25) is 0 Å². The van der Waals surface area contributed by atoms with Gasteiger partial charge in [-0.05, 0) is 54.1 Å². The molecule has 5 aromatic rings. The summed E-state index contributed by atoms with van der Waals surface area (Å²) in [6.45, 7) is 0. The van der Waals surface area contributed by atoms with Crippen LogP contribution in [0.4, 0.5) is 11.6 Å². The van der Waals surface area contributed by atoms with E-state index in [1.54, 1.807) is 18.2 Å². The number of carbonyl (C=O) groups excluding carboxylic acids is 1. The van der Waals surface area contributed by atoms with Gasteiger partial charge in [0.1, 0.15) is 0 Å². The van der Waals surface area contributed by atoms with Crippen molar-refractivity contribution < 1.29 is 4.79 Å². The molecule has 4 aromatic carbocycles. The van der Waals surface area contributed by atoms with Gasteiger partial charge in [-0.1, -0.05) is 82.7 Å². The summed E-state index contributed by atoms with van der Waals surface area (Å²) in [5.74, 6) is 0.450. The Kier molecular flexibility index (Phi) is 6.27. The fraction of sp³-hybridized carbons (Fsp3) is 0. The number of aromatic nitrogens is 2. The molecule has 5 rings (SSSR count). The lowest BCUT2D eigenvalue weighted by Gasteiger charge is -2.11. The summed E-state index contributed by atoms with van der Waals surface area (Å²) in [4.78, 5) is 22.0. The van der Waals surface area contributed by atoms with E-state index in [1.165, 1.54) is 0 Å². The number of rotatable bonds is 6. The molecule has 0 radical (unpaired) electrons. The lowest BCUT2D eigenvalue weighted by Crippen LogP contribution is -2.01. The van der Waals surface area contributed by atoms with Gasteiger partial charge in [0.15, 0.2) is 5.78 Å². The molecule has 0 aliphatic heterocycles. The number of halogens is 1. The molecule has 0 bridgehead atoms. The fourth-order valence-electron chi connectivity index (χ4n) is 3.65. The van der Waals surface area contributed by atoms with Crippen molar-refractivity contribution in [1.82, 2.24) is 9.97 Å². The molecule has 0 fully saturated rings. The first kappa shape index (κ1) is 21.7. The maximum atomic E-state index is 12.5. The molecule has 0 spiro atoms. The highest BCUT2D eigenvalue weighted by Gasteiger charge is 2.11. The van der Waals surface area contributed by atoms with Gasteiger partial charge in [-0.3, -0.25) is 4.79 Å². The number of fused-ring (bicyclic) bond motifs is 1. The van der Waals surface area contributed by atoms with Gasteiger partial charge in [0.2, 0.25) is 5.95 Å². The third-order valence-corrected chi connectivity index (χ3v) is 5.85. The van der Waals surface area contributed by atoms with Crippen LogP contribution in [0.1, 0.15) is 15.9 Å². The Hall–Kier alpha value is -4.09. The standard InChI is InChI=1S/C29H20BrN3O/c30-23-14-17-26-25(19-23)28(22-9-5-2-6-10-22)33-29(32-26)31-24-15-12-21(13-16-24)27(34)18-11-20-7-3-1-4-8-20/h1-19H,(H,31,32,33)/b18-11+. The van der Waals surface area contributed by atoms with Crippen LogP contribution < -0.4 is 5.32 Å². The molecular formula is C29H20BrN3O.